The Morgan fingerprint density at radius 2 is 2.00 bits per heavy atom. The third-order valence-corrected chi connectivity index (χ3v) is 3.38. The first-order valence-corrected chi connectivity index (χ1v) is 7.32. The highest BCUT2D eigenvalue weighted by Gasteiger charge is 2.08. The third kappa shape index (κ3) is 4.44. The summed E-state index contributed by atoms with van der Waals surface area (Å²) in [6.45, 7) is 3.67. The summed E-state index contributed by atoms with van der Waals surface area (Å²) in [5, 5.41) is 3.09. The monoisotopic (exact) mass is 319 g/mol. The number of ether oxygens (including phenoxy) is 1. The highest BCUT2D eigenvalue weighted by Crippen LogP contribution is 2.16. The fourth-order valence-electron chi connectivity index (χ4n) is 1.83. The number of nitrogen functional groups attached to an aromatic ring is 1. The molecule has 0 spiro atoms. The number of rotatable bonds is 6. The number of halogens is 1. The van der Waals surface area contributed by atoms with Crippen LogP contribution in [0.2, 0.25) is 5.02 Å². The number of carbonyl (C=O) groups excluding carboxylic acids is 1. The van der Waals surface area contributed by atoms with Gasteiger partial charge in [-0.05, 0) is 24.1 Å². The first kappa shape index (κ1) is 16.3. The van der Waals surface area contributed by atoms with E-state index in [-0.39, 0.29) is 16.7 Å². The van der Waals surface area contributed by atoms with E-state index in [9.17, 15) is 4.79 Å². The molecule has 1 aromatic heterocycles. The average molecular weight is 320 g/mol. The van der Waals surface area contributed by atoms with E-state index in [4.69, 9.17) is 22.1 Å². The van der Waals surface area contributed by atoms with Gasteiger partial charge in [0.15, 0.2) is 0 Å². The Bertz CT molecular complexity index is 644. The standard InChI is InChI=1S/C16H18ClN3O2/c1-2-22-10-12-5-3-11(4-6-12)8-20-16(21)13-7-14(17)15(18)19-9-13/h3-7,9H,2,8,10H2,1H3,(H2,18,19)(H,20,21). The lowest BCUT2D eigenvalue weighted by Crippen LogP contribution is -2.23. The van der Waals surface area contributed by atoms with Crippen LogP contribution in [-0.4, -0.2) is 17.5 Å². The molecule has 0 bridgehead atoms. The maximum absolute atomic E-state index is 12.0. The fraction of sp³-hybridized carbons (Fsp3) is 0.250. The minimum absolute atomic E-state index is 0.211. The number of aromatic nitrogens is 1. The van der Waals surface area contributed by atoms with Crippen LogP contribution in [0.4, 0.5) is 5.82 Å². The van der Waals surface area contributed by atoms with Gasteiger partial charge in [-0.15, -0.1) is 0 Å². The molecule has 0 aliphatic rings. The number of amides is 1. The van der Waals surface area contributed by atoms with Crippen molar-refractivity contribution >= 4 is 23.3 Å². The van der Waals surface area contributed by atoms with Crippen molar-refractivity contribution in [1.82, 2.24) is 10.3 Å². The maximum Gasteiger partial charge on any atom is 0.253 e. The normalized spacial score (nSPS) is 10.5. The van der Waals surface area contributed by atoms with Crippen molar-refractivity contribution < 1.29 is 9.53 Å². The van der Waals surface area contributed by atoms with Crippen LogP contribution in [0.25, 0.3) is 0 Å². The molecule has 0 aliphatic heterocycles. The first-order chi connectivity index (χ1) is 10.6. The van der Waals surface area contributed by atoms with Crippen LogP contribution >= 0.6 is 11.6 Å². The average Bonchev–Trinajstić information content (AvgIpc) is 2.54. The van der Waals surface area contributed by atoms with Crippen molar-refractivity contribution in [3.05, 3.63) is 58.2 Å². The van der Waals surface area contributed by atoms with Crippen LogP contribution in [0.5, 0.6) is 0 Å². The molecule has 2 rings (SSSR count). The highest BCUT2D eigenvalue weighted by atomic mass is 35.5. The zero-order valence-corrected chi connectivity index (χ0v) is 13.1. The van der Waals surface area contributed by atoms with E-state index in [2.05, 4.69) is 10.3 Å². The number of nitrogens with two attached hydrogens (primary N) is 1. The molecule has 0 fully saturated rings. The Morgan fingerprint density at radius 3 is 2.64 bits per heavy atom. The quantitative estimate of drug-likeness (QED) is 0.858. The lowest BCUT2D eigenvalue weighted by atomic mass is 10.1. The van der Waals surface area contributed by atoms with Crippen molar-refractivity contribution in [2.24, 2.45) is 0 Å². The van der Waals surface area contributed by atoms with Crippen LogP contribution in [0.1, 0.15) is 28.4 Å². The highest BCUT2D eigenvalue weighted by molar-refractivity contribution is 6.33. The molecule has 1 heterocycles. The van der Waals surface area contributed by atoms with E-state index in [1.807, 2.05) is 31.2 Å². The molecule has 5 nitrogen and oxygen atoms in total. The summed E-state index contributed by atoms with van der Waals surface area (Å²) in [5.41, 5.74) is 8.01. The summed E-state index contributed by atoms with van der Waals surface area (Å²) in [5.74, 6) is -0.0316. The van der Waals surface area contributed by atoms with Crippen LogP contribution in [0.15, 0.2) is 36.5 Å². The molecular weight excluding hydrogens is 302 g/mol. The van der Waals surface area contributed by atoms with E-state index in [0.717, 1.165) is 11.1 Å². The molecule has 0 aliphatic carbocycles. The van der Waals surface area contributed by atoms with Gasteiger partial charge in [0.05, 0.1) is 17.2 Å². The zero-order valence-electron chi connectivity index (χ0n) is 12.3. The van der Waals surface area contributed by atoms with Gasteiger partial charge in [-0.3, -0.25) is 4.79 Å². The molecule has 3 N–H and O–H groups in total. The number of pyridine rings is 1. The molecule has 0 atom stereocenters. The van der Waals surface area contributed by atoms with Gasteiger partial charge in [0.2, 0.25) is 0 Å². The SMILES string of the molecule is CCOCc1ccc(CNC(=O)c2cnc(N)c(Cl)c2)cc1. The van der Waals surface area contributed by atoms with Gasteiger partial charge >= 0.3 is 0 Å². The van der Waals surface area contributed by atoms with Crippen LogP contribution in [0.3, 0.4) is 0 Å². The number of nitrogens with one attached hydrogen (secondary N) is 1. The molecule has 0 radical (unpaired) electrons. The second-order valence-electron chi connectivity index (χ2n) is 4.73. The Kier molecular flexibility index (Phi) is 5.75. The van der Waals surface area contributed by atoms with Crippen LogP contribution in [-0.2, 0) is 17.9 Å². The predicted molar refractivity (Wildman–Crippen MR) is 86.6 cm³/mol. The molecule has 0 saturated heterocycles. The van der Waals surface area contributed by atoms with Crippen molar-refractivity contribution in [3.8, 4) is 0 Å². The predicted octanol–water partition coefficient (Wildman–Crippen LogP) is 2.78. The molecule has 1 aromatic carbocycles. The maximum atomic E-state index is 12.0. The molecule has 0 unspecified atom stereocenters. The van der Waals surface area contributed by atoms with Crippen molar-refractivity contribution in [2.45, 2.75) is 20.1 Å². The fourth-order valence-corrected chi connectivity index (χ4v) is 2.00. The van der Waals surface area contributed by atoms with Crippen molar-refractivity contribution in [3.63, 3.8) is 0 Å². The van der Waals surface area contributed by atoms with Gasteiger partial charge in [-0.25, -0.2) is 4.98 Å². The van der Waals surface area contributed by atoms with Crippen molar-refractivity contribution in [1.29, 1.82) is 0 Å². The third-order valence-electron chi connectivity index (χ3n) is 3.08. The lowest BCUT2D eigenvalue weighted by Gasteiger charge is -2.07. The second-order valence-corrected chi connectivity index (χ2v) is 5.13. The lowest BCUT2D eigenvalue weighted by molar-refractivity contribution is 0.0950. The Labute approximate surface area is 134 Å². The minimum atomic E-state index is -0.243. The van der Waals surface area contributed by atoms with Crippen LogP contribution < -0.4 is 11.1 Å². The molecular formula is C16H18ClN3O2. The van der Waals surface area contributed by atoms with Gasteiger partial charge in [-0.2, -0.15) is 0 Å². The second kappa shape index (κ2) is 7.77. The summed E-state index contributed by atoms with van der Waals surface area (Å²) in [6.07, 6.45) is 1.40. The molecule has 2 aromatic rings. The smallest absolute Gasteiger partial charge is 0.253 e. The largest absolute Gasteiger partial charge is 0.382 e. The van der Waals surface area contributed by atoms with E-state index >= 15 is 0 Å². The molecule has 116 valence electrons. The Morgan fingerprint density at radius 1 is 1.32 bits per heavy atom. The van der Waals surface area contributed by atoms with Crippen molar-refractivity contribution in [2.75, 3.05) is 12.3 Å². The number of anilines is 1. The summed E-state index contributed by atoms with van der Waals surface area (Å²) in [7, 11) is 0. The molecule has 22 heavy (non-hydrogen) atoms. The van der Waals surface area contributed by atoms with Gasteiger partial charge in [0.25, 0.3) is 5.91 Å². The Hall–Kier alpha value is -2.11. The molecule has 6 heteroatoms. The van der Waals surface area contributed by atoms with Gasteiger partial charge in [0, 0.05) is 19.3 Å². The van der Waals surface area contributed by atoms with E-state index in [1.54, 1.807) is 0 Å². The zero-order chi connectivity index (χ0) is 15.9. The topological polar surface area (TPSA) is 77.2 Å². The number of benzene rings is 1. The van der Waals surface area contributed by atoms with Gasteiger partial charge in [-0.1, -0.05) is 35.9 Å². The van der Waals surface area contributed by atoms with Gasteiger partial charge < -0.3 is 15.8 Å². The number of carbonyl (C=O) groups is 1. The minimum Gasteiger partial charge on any atom is -0.382 e. The summed E-state index contributed by atoms with van der Waals surface area (Å²) >= 11 is 5.85. The molecule has 0 saturated carbocycles. The Balaban J connectivity index is 1.91. The summed E-state index contributed by atoms with van der Waals surface area (Å²) < 4.78 is 5.34. The summed E-state index contributed by atoms with van der Waals surface area (Å²) in [6, 6.07) is 9.40. The van der Waals surface area contributed by atoms with E-state index in [1.165, 1.54) is 12.3 Å². The first-order valence-electron chi connectivity index (χ1n) is 6.95. The number of nitrogens with zero attached hydrogens (tertiary/aromatic N) is 1. The van der Waals surface area contributed by atoms with Gasteiger partial charge in [0.1, 0.15) is 5.82 Å². The van der Waals surface area contributed by atoms with Crippen LogP contribution in [0, 0.1) is 0 Å². The van der Waals surface area contributed by atoms with E-state index < -0.39 is 0 Å². The number of hydrogen-bond acceptors (Lipinski definition) is 4. The molecule has 1 amide bonds. The van der Waals surface area contributed by atoms with E-state index in [0.29, 0.717) is 25.3 Å². The summed E-state index contributed by atoms with van der Waals surface area (Å²) in [4.78, 5) is 15.9. The number of hydrogen-bond donors (Lipinski definition) is 2.